The van der Waals surface area contributed by atoms with Gasteiger partial charge in [0.05, 0.1) is 11.3 Å². The maximum absolute atomic E-state index is 13.0. The van der Waals surface area contributed by atoms with E-state index in [1.54, 1.807) is 12.1 Å². The van der Waals surface area contributed by atoms with Crippen LogP contribution in [0, 0.1) is 12.7 Å². The zero-order valence-electron chi connectivity index (χ0n) is 14.6. The maximum atomic E-state index is 13.0. The molecule has 1 amide bonds. The molecule has 2 N–H and O–H groups in total. The van der Waals surface area contributed by atoms with Crippen LogP contribution in [-0.2, 0) is 24.3 Å². The Bertz CT molecular complexity index is 914. The molecule has 0 spiro atoms. The number of anilines is 1. The largest absolute Gasteiger partial charge is 0.456 e. The first kappa shape index (κ1) is 20.5. The number of carbonyl (C=O) groups is 2. The predicted molar refractivity (Wildman–Crippen MR) is 97.0 cm³/mol. The molecule has 0 unspecified atom stereocenters. The number of hydrogen-bond donors (Lipinski definition) is 2. The van der Waals surface area contributed by atoms with Crippen molar-refractivity contribution in [1.29, 1.82) is 0 Å². The van der Waals surface area contributed by atoms with E-state index in [0.717, 1.165) is 11.6 Å². The normalized spacial score (nSPS) is 11.0. The number of hydrogen-bond acceptors (Lipinski definition) is 5. The highest BCUT2D eigenvalue weighted by Crippen LogP contribution is 2.10. The number of amides is 1. The molecule has 0 aliphatic rings. The van der Waals surface area contributed by atoms with E-state index < -0.39 is 34.3 Å². The van der Waals surface area contributed by atoms with Crippen LogP contribution in [0.5, 0.6) is 0 Å². The van der Waals surface area contributed by atoms with Crippen LogP contribution in [0.1, 0.15) is 12.0 Å². The van der Waals surface area contributed by atoms with Gasteiger partial charge in [0, 0.05) is 12.2 Å². The van der Waals surface area contributed by atoms with Crippen molar-refractivity contribution >= 4 is 27.6 Å². The third-order valence-electron chi connectivity index (χ3n) is 3.43. The molecule has 0 atom stereocenters. The Hall–Kier alpha value is -2.78. The van der Waals surface area contributed by atoms with Gasteiger partial charge in [-0.2, -0.15) is 0 Å². The van der Waals surface area contributed by atoms with Gasteiger partial charge in [0.25, 0.3) is 5.91 Å². The zero-order valence-corrected chi connectivity index (χ0v) is 15.4. The minimum absolute atomic E-state index is 0.0935. The molecule has 0 saturated carbocycles. The fourth-order valence-electron chi connectivity index (χ4n) is 2.07. The quantitative estimate of drug-likeness (QED) is 0.667. The minimum Gasteiger partial charge on any atom is -0.456 e. The molecule has 144 valence electrons. The lowest BCUT2D eigenvalue weighted by Crippen LogP contribution is -2.28. The van der Waals surface area contributed by atoms with Crippen molar-refractivity contribution < 1.29 is 27.1 Å². The minimum atomic E-state index is -3.72. The summed E-state index contributed by atoms with van der Waals surface area (Å²) in [5.41, 5.74) is 1.16. The summed E-state index contributed by atoms with van der Waals surface area (Å²) in [5, 5.41) is 2.38. The number of nitrogens with one attached hydrogen (secondary N) is 2. The summed E-state index contributed by atoms with van der Waals surface area (Å²) >= 11 is 0. The van der Waals surface area contributed by atoms with Crippen molar-refractivity contribution in [2.24, 2.45) is 0 Å². The van der Waals surface area contributed by atoms with Gasteiger partial charge in [-0.05, 0) is 37.3 Å². The van der Waals surface area contributed by atoms with E-state index in [-0.39, 0.29) is 23.5 Å². The highest BCUT2D eigenvalue weighted by molar-refractivity contribution is 7.89. The van der Waals surface area contributed by atoms with Crippen molar-refractivity contribution in [3.8, 4) is 0 Å². The first-order chi connectivity index (χ1) is 12.8. The van der Waals surface area contributed by atoms with Crippen LogP contribution in [-0.4, -0.2) is 33.4 Å². The molecule has 0 aromatic heterocycles. The van der Waals surface area contributed by atoms with Gasteiger partial charge in [-0.3, -0.25) is 9.59 Å². The van der Waals surface area contributed by atoms with Gasteiger partial charge in [0.2, 0.25) is 10.0 Å². The van der Waals surface area contributed by atoms with E-state index in [4.69, 9.17) is 4.74 Å². The summed E-state index contributed by atoms with van der Waals surface area (Å²) < 4.78 is 44.2. The van der Waals surface area contributed by atoms with Crippen LogP contribution < -0.4 is 10.0 Å². The van der Waals surface area contributed by atoms with Gasteiger partial charge < -0.3 is 10.1 Å². The topological polar surface area (TPSA) is 102 Å². The molecule has 0 fully saturated rings. The first-order valence-corrected chi connectivity index (χ1v) is 9.52. The van der Waals surface area contributed by atoms with Crippen LogP contribution >= 0.6 is 0 Å². The Labute approximate surface area is 156 Å². The Balaban J connectivity index is 1.73. The number of rotatable bonds is 8. The summed E-state index contributed by atoms with van der Waals surface area (Å²) in [6, 6.07) is 11.5. The fourth-order valence-corrected chi connectivity index (χ4v) is 3.10. The number of halogens is 1. The van der Waals surface area contributed by atoms with Crippen molar-refractivity contribution in [2.75, 3.05) is 18.5 Å². The molecule has 2 aromatic rings. The lowest BCUT2D eigenvalue weighted by Gasteiger charge is -2.08. The van der Waals surface area contributed by atoms with E-state index >= 15 is 0 Å². The molecule has 2 rings (SSSR count). The zero-order chi connectivity index (χ0) is 19.9. The maximum Gasteiger partial charge on any atom is 0.307 e. The Morgan fingerprint density at radius 3 is 2.48 bits per heavy atom. The molecule has 0 heterocycles. The average molecular weight is 394 g/mol. The number of aryl methyl sites for hydroxylation is 1. The van der Waals surface area contributed by atoms with Crippen LogP contribution in [0.3, 0.4) is 0 Å². The standard InChI is InChI=1S/C18H19FN2O5S/c1-13-5-7-16(8-6-13)27(24,25)20-10-9-18(23)26-12-17(22)21-15-4-2-3-14(19)11-15/h2-8,11,20H,9-10,12H2,1H3,(H,21,22). The first-order valence-electron chi connectivity index (χ1n) is 8.04. The van der Waals surface area contributed by atoms with Crippen LogP contribution in [0.15, 0.2) is 53.4 Å². The second kappa shape index (κ2) is 9.24. The molecule has 0 bridgehead atoms. The van der Waals surface area contributed by atoms with Crippen molar-refractivity contribution in [1.82, 2.24) is 4.72 Å². The third kappa shape index (κ3) is 6.80. The second-order valence-electron chi connectivity index (χ2n) is 5.68. The number of benzene rings is 2. The van der Waals surface area contributed by atoms with Crippen LogP contribution in [0.25, 0.3) is 0 Å². The van der Waals surface area contributed by atoms with Crippen molar-refractivity contribution in [3.05, 3.63) is 59.9 Å². The van der Waals surface area contributed by atoms with E-state index in [1.165, 1.54) is 30.3 Å². The summed E-state index contributed by atoms with van der Waals surface area (Å²) in [5.74, 6) is -1.88. The van der Waals surface area contributed by atoms with E-state index in [9.17, 15) is 22.4 Å². The lowest BCUT2D eigenvalue weighted by atomic mass is 10.2. The molecule has 0 aliphatic heterocycles. The highest BCUT2D eigenvalue weighted by atomic mass is 32.2. The SMILES string of the molecule is Cc1ccc(S(=O)(=O)NCCC(=O)OCC(=O)Nc2cccc(F)c2)cc1. The van der Waals surface area contributed by atoms with Gasteiger partial charge in [-0.1, -0.05) is 23.8 Å². The molecule has 0 radical (unpaired) electrons. The van der Waals surface area contributed by atoms with E-state index in [2.05, 4.69) is 10.0 Å². The van der Waals surface area contributed by atoms with E-state index in [0.29, 0.717) is 0 Å². The summed E-state index contributed by atoms with van der Waals surface area (Å²) in [4.78, 5) is 23.4. The third-order valence-corrected chi connectivity index (χ3v) is 4.90. The molecule has 7 nitrogen and oxygen atoms in total. The highest BCUT2D eigenvalue weighted by Gasteiger charge is 2.14. The van der Waals surface area contributed by atoms with Gasteiger partial charge in [0.15, 0.2) is 6.61 Å². The smallest absolute Gasteiger partial charge is 0.307 e. The summed E-state index contributed by atoms with van der Waals surface area (Å²) in [6.07, 6.45) is -0.238. The molecular weight excluding hydrogens is 375 g/mol. The van der Waals surface area contributed by atoms with Crippen LogP contribution in [0.2, 0.25) is 0 Å². The van der Waals surface area contributed by atoms with Gasteiger partial charge in [-0.25, -0.2) is 17.5 Å². The summed E-state index contributed by atoms with van der Waals surface area (Å²) in [6.45, 7) is 1.12. The van der Waals surface area contributed by atoms with Crippen LogP contribution in [0.4, 0.5) is 10.1 Å². The summed E-state index contributed by atoms with van der Waals surface area (Å²) in [7, 11) is -3.72. The molecular formula is C18H19FN2O5S. The number of esters is 1. The Morgan fingerprint density at radius 1 is 1.11 bits per heavy atom. The van der Waals surface area contributed by atoms with Gasteiger partial charge in [0.1, 0.15) is 5.82 Å². The molecule has 2 aromatic carbocycles. The van der Waals surface area contributed by atoms with Gasteiger partial charge >= 0.3 is 5.97 Å². The van der Waals surface area contributed by atoms with E-state index in [1.807, 2.05) is 6.92 Å². The predicted octanol–water partition coefficient (Wildman–Crippen LogP) is 1.98. The molecule has 0 aliphatic carbocycles. The second-order valence-corrected chi connectivity index (χ2v) is 7.45. The Morgan fingerprint density at radius 2 is 1.81 bits per heavy atom. The number of sulfonamides is 1. The molecule has 27 heavy (non-hydrogen) atoms. The number of ether oxygens (including phenoxy) is 1. The monoisotopic (exact) mass is 394 g/mol. The lowest BCUT2D eigenvalue weighted by molar-refractivity contribution is -0.147. The average Bonchev–Trinajstić information content (AvgIpc) is 2.60. The van der Waals surface area contributed by atoms with Crippen molar-refractivity contribution in [3.63, 3.8) is 0 Å². The molecule has 9 heteroatoms. The Kier molecular flexibility index (Phi) is 7.03. The fraction of sp³-hybridized carbons (Fsp3) is 0.222. The van der Waals surface area contributed by atoms with Crippen molar-refractivity contribution in [2.45, 2.75) is 18.2 Å². The number of carbonyl (C=O) groups excluding carboxylic acids is 2. The van der Waals surface area contributed by atoms with Gasteiger partial charge in [-0.15, -0.1) is 0 Å². The molecule has 0 saturated heterocycles.